The van der Waals surface area contributed by atoms with Crippen LogP contribution in [0, 0.1) is 5.82 Å². The van der Waals surface area contributed by atoms with E-state index in [9.17, 15) is 9.18 Å². The molecule has 4 rings (SSSR count). The van der Waals surface area contributed by atoms with Gasteiger partial charge >= 0.3 is 0 Å². The second-order valence-electron chi connectivity index (χ2n) is 9.02. The number of amides is 1. The molecule has 0 unspecified atom stereocenters. The van der Waals surface area contributed by atoms with Gasteiger partial charge in [0.2, 0.25) is 0 Å². The standard InChI is InChI=1S/C27H32FN3O3/c1-4-34-23-11-5-20(6-12-23)27(13-15-33-16-14-27)18-29-26(32)24-17-30-31(25(24)19(2)3)22-9-7-21(28)8-10-22/h5-12,17,19H,4,13-16,18H2,1-3H3,(H,29,32). The molecule has 3 aromatic rings. The zero-order valence-corrected chi connectivity index (χ0v) is 20.0. The highest BCUT2D eigenvalue weighted by Gasteiger charge is 2.35. The number of nitrogens with zero attached hydrogens (tertiary/aromatic N) is 2. The Balaban J connectivity index is 1.57. The highest BCUT2D eigenvalue weighted by atomic mass is 19.1. The summed E-state index contributed by atoms with van der Waals surface area (Å²) in [6, 6.07) is 14.3. The number of aromatic nitrogens is 2. The number of nitrogens with one attached hydrogen (secondary N) is 1. The van der Waals surface area contributed by atoms with Gasteiger partial charge in [-0.1, -0.05) is 26.0 Å². The summed E-state index contributed by atoms with van der Waals surface area (Å²) in [6.07, 6.45) is 3.25. The van der Waals surface area contributed by atoms with Crippen molar-refractivity contribution in [3.63, 3.8) is 0 Å². The molecular formula is C27H32FN3O3. The molecule has 1 amide bonds. The van der Waals surface area contributed by atoms with Crippen molar-refractivity contribution < 1.29 is 18.7 Å². The van der Waals surface area contributed by atoms with Gasteiger partial charge in [0.25, 0.3) is 5.91 Å². The third kappa shape index (κ3) is 4.99. The van der Waals surface area contributed by atoms with Gasteiger partial charge in [-0.3, -0.25) is 4.79 Å². The molecule has 0 bridgehead atoms. The smallest absolute Gasteiger partial charge is 0.254 e. The molecule has 1 N–H and O–H groups in total. The SMILES string of the molecule is CCOc1ccc(C2(CNC(=O)c3cnn(-c4ccc(F)cc4)c3C(C)C)CCOCC2)cc1. The highest BCUT2D eigenvalue weighted by Crippen LogP contribution is 2.35. The van der Waals surface area contributed by atoms with Crippen molar-refractivity contribution in [3.8, 4) is 11.4 Å². The molecule has 0 radical (unpaired) electrons. The van der Waals surface area contributed by atoms with Gasteiger partial charge in [-0.15, -0.1) is 0 Å². The van der Waals surface area contributed by atoms with Gasteiger partial charge in [-0.05, 0) is 67.6 Å². The van der Waals surface area contributed by atoms with Gasteiger partial charge < -0.3 is 14.8 Å². The van der Waals surface area contributed by atoms with Crippen molar-refractivity contribution >= 4 is 5.91 Å². The maximum atomic E-state index is 13.4. The second-order valence-corrected chi connectivity index (χ2v) is 9.02. The van der Waals surface area contributed by atoms with E-state index in [1.165, 1.54) is 17.7 Å². The monoisotopic (exact) mass is 465 g/mol. The van der Waals surface area contributed by atoms with Crippen LogP contribution in [-0.4, -0.2) is 42.1 Å². The fourth-order valence-electron chi connectivity index (χ4n) is 4.62. The number of hydrogen-bond donors (Lipinski definition) is 1. The van der Waals surface area contributed by atoms with Crippen molar-refractivity contribution in [3.05, 3.63) is 77.4 Å². The predicted molar refractivity (Wildman–Crippen MR) is 129 cm³/mol. The Kier molecular flexibility index (Phi) is 7.32. The van der Waals surface area contributed by atoms with Crippen LogP contribution in [0.3, 0.4) is 0 Å². The Bertz CT molecular complexity index is 1100. The van der Waals surface area contributed by atoms with E-state index in [4.69, 9.17) is 9.47 Å². The molecule has 7 heteroatoms. The van der Waals surface area contributed by atoms with E-state index in [1.807, 2.05) is 32.9 Å². The molecule has 1 fully saturated rings. The van der Waals surface area contributed by atoms with Crippen LogP contribution in [-0.2, 0) is 10.2 Å². The van der Waals surface area contributed by atoms with Crippen molar-refractivity contribution in [2.75, 3.05) is 26.4 Å². The van der Waals surface area contributed by atoms with E-state index in [-0.39, 0.29) is 23.1 Å². The first-order valence-corrected chi connectivity index (χ1v) is 11.9. The van der Waals surface area contributed by atoms with Gasteiger partial charge in [-0.25, -0.2) is 9.07 Å². The number of ether oxygens (including phenoxy) is 2. The zero-order valence-electron chi connectivity index (χ0n) is 20.0. The molecule has 1 aliphatic rings. The minimum atomic E-state index is -0.309. The van der Waals surface area contributed by atoms with Crippen LogP contribution >= 0.6 is 0 Å². The summed E-state index contributed by atoms with van der Waals surface area (Å²) in [6.45, 7) is 8.45. The summed E-state index contributed by atoms with van der Waals surface area (Å²) >= 11 is 0. The van der Waals surface area contributed by atoms with Crippen LogP contribution in [0.2, 0.25) is 0 Å². The van der Waals surface area contributed by atoms with Gasteiger partial charge in [0.1, 0.15) is 11.6 Å². The molecule has 1 aliphatic heterocycles. The predicted octanol–water partition coefficient (Wildman–Crippen LogP) is 5.01. The first kappa shape index (κ1) is 24.0. The molecule has 0 atom stereocenters. The maximum absolute atomic E-state index is 13.4. The van der Waals surface area contributed by atoms with E-state index >= 15 is 0 Å². The van der Waals surface area contributed by atoms with Crippen LogP contribution < -0.4 is 10.1 Å². The summed E-state index contributed by atoms with van der Waals surface area (Å²) in [7, 11) is 0. The van der Waals surface area contributed by atoms with Crippen molar-refractivity contribution in [2.24, 2.45) is 0 Å². The lowest BCUT2D eigenvalue weighted by atomic mass is 9.74. The van der Waals surface area contributed by atoms with Crippen LogP contribution in [0.5, 0.6) is 5.75 Å². The van der Waals surface area contributed by atoms with E-state index in [1.54, 1.807) is 23.0 Å². The van der Waals surface area contributed by atoms with Crippen LogP contribution in [0.4, 0.5) is 4.39 Å². The molecule has 0 saturated carbocycles. The Labute approximate surface area is 200 Å². The van der Waals surface area contributed by atoms with Crippen molar-refractivity contribution in [1.82, 2.24) is 15.1 Å². The summed E-state index contributed by atoms with van der Waals surface area (Å²) in [5.74, 6) is 0.425. The van der Waals surface area contributed by atoms with Gasteiger partial charge in [0.15, 0.2) is 0 Å². The van der Waals surface area contributed by atoms with Crippen molar-refractivity contribution in [1.29, 1.82) is 0 Å². The summed E-state index contributed by atoms with van der Waals surface area (Å²) < 4.78 is 26.3. The lowest BCUT2D eigenvalue weighted by Gasteiger charge is -2.38. The summed E-state index contributed by atoms with van der Waals surface area (Å²) in [5.41, 5.74) is 3.02. The fraction of sp³-hybridized carbons (Fsp3) is 0.407. The Morgan fingerprint density at radius 3 is 2.44 bits per heavy atom. The minimum Gasteiger partial charge on any atom is -0.494 e. The minimum absolute atomic E-state index is 0.0523. The average Bonchev–Trinajstić information content (AvgIpc) is 3.30. The molecule has 180 valence electrons. The van der Waals surface area contributed by atoms with E-state index in [0.717, 1.165) is 30.0 Å². The molecule has 0 aliphatic carbocycles. The number of carbonyl (C=O) groups is 1. The number of rotatable bonds is 8. The number of benzene rings is 2. The molecule has 34 heavy (non-hydrogen) atoms. The highest BCUT2D eigenvalue weighted by molar-refractivity contribution is 5.95. The molecule has 1 aromatic heterocycles. The summed E-state index contributed by atoms with van der Waals surface area (Å²) in [4.78, 5) is 13.3. The average molecular weight is 466 g/mol. The van der Waals surface area contributed by atoms with Crippen LogP contribution in [0.25, 0.3) is 5.69 Å². The first-order chi connectivity index (χ1) is 16.4. The lowest BCUT2D eigenvalue weighted by molar-refractivity contribution is 0.0487. The van der Waals surface area contributed by atoms with E-state index < -0.39 is 0 Å². The largest absolute Gasteiger partial charge is 0.494 e. The normalized spacial score (nSPS) is 15.3. The maximum Gasteiger partial charge on any atom is 0.254 e. The molecular weight excluding hydrogens is 433 g/mol. The Morgan fingerprint density at radius 1 is 1.15 bits per heavy atom. The fourth-order valence-corrected chi connectivity index (χ4v) is 4.62. The zero-order chi connectivity index (χ0) is 24.1. The number of hydrogen-bond acceptors (Lipinski definition) is 4. The van der Waals surface area contributed by atoms with E-state index in [2.05, 4.69) is 22.5 Å². The number of carbonyl (C=O) groups excluding carboxylic acids is 1. The van der Waals surface area contributed by atoms with Crippen molar-refractivity contribution in [2.45, 2.75) is 44.9 Å². The Hall–Kier alpha value is -3.19. The molecule has 6 nitrogen and oxygen atoms in total. The number of halogens is 1. The lowest BCUT2D eigenvalue weighted by Crippen LogP contribution is -2.44. The van der Waals surface area contributed by atoms with Gasteiger partial charge in [-0.2, -0.15) is 5.10 Å². The third-order valence-electron chi connectivity index (χ3n) is 6.48. The molecule has 1 saturated heterocycles. The summed E-state index contributed by atoms with van der Waals surface area (Å²) in [5, 5.41) is 7.63. The second kappa shape index (κ2) is 10.4. The first-order valence-electron chi connectivity index (χ1n) is 11.9. The van der Waals surface area contributed by atoms with Crippen LogP contribution in [0.1, 0.15) is 61.1 Å². The van der Waals surface area contributed by atoms with E-state index in [0.29, 0.717) is 31.9 Å². The van der Waals surface area contributed by atoms with Gasteiger partial charge in [0, 0.05) is 25.2 Å². The molecule has 2 aromatic carbocycles. The van der Waals surface area contributed by atoms with Gasteiger partial charge in [0.05, 0.1) is 29.7 Å². The molecule has 2 heterocycles. The topological polar surface area (TPSA) is 65.4 Å². The Morgan fingerprint density at radius 2 is 1.82 bits per heavy atom. The van der Waals surface area contributed by atoms with Crippen LogP contribution in [0.15, 0.2) is 54.7 Å². The molecule has 0 spiro atoms. The quantitative estimate of drug-likeness (QED) is 0.508. The third-order valence-corrected chi connectivity index (χ3v) is 6.48.